The average molecular weight is 266 g/mol. The Bertz CT molecular complexity index is 479. The van der Waals surface area contributed by atoms with E-state index in [9.17, 15) is 4.79 Å². The van der Waals surface area contributed by atoms with Crippen LogP contribution in [0.3, 0.4) is 0 Å². The van der Waals surface area contributed by atoms with Gasteiger partial charge in [0.05, 0.1) is 11.4 Å². The summed E-state index contributed by atoms with van der Waals surface area (Å²) in [6.07, 6.45) is 0. The van der Waals surface area contributed by atoms with Gasteiger partial charge in [-0.3, -0.25) is 4.79 Å². The van der Waals surface area contributed by atoms with Crippen LogP contribution in [-0.4, -0.2) is 12.3 Å². The molecule has 1 aromatic carbocycles. The van der Waals surface area contributed by atoms with Gasteiger partial charge in [0.15, 0.2) is 5.78 Å². The van der Waals surface area contributed by atoms with E-state index in [2.05, 4.69) is 5.32 Å². The summed E-state index contributed by atoms with van der Waals surface area (Å²) in [6.45, 7) is 1.04. The quantitative estimate of drug-likeness (QED) is 0.840. The van der Waals surface area contributed by atoms with Crippen molar-refractivity contribution in [2.45, 2.75) is 6.54 Å². The maximum absolute atomic E-state index is 11.7. The smallest absolute Gasteiger partial charge is 0.186 e. The van der Waals surface area contributed by atoms with Crippen LogP contribution in [0.2, 0.25) is 5.02 Å². The molecule has 2 nitrogen and oxygen atoms in total. The molecule has 0 aliphatic rings. The fourth-order valence-electron chi connectivity index (χ4n) is 1.45. The van der Waals surface area contributed by atoms with Gasteiger partial charge >= 0.3 is 0 Å². The first kappa shape index (κ1) is 12.3. The van der Waals surface area contributed by atoms with Gasteiger partial charge in [-0.25, -0.2) is 0 Å². The lowest BCUT2D eigenvalue weighted by Crippen LogP contribution is -2.21. The normalized spacial score (nSPS) is 10.4. The van der Waals surface area contributed by atoms with Crippen molar-refractivity contribution < 1.29 is 4.79 Å². The summed E-state index contributed by atoms with van der Waals surface area (Å²) < 4.78 is 0. The van der Waals surface area contributed by atoms with Crippen LogP contribution in [0.5, 0.6) is 0 Å². The second-order valence-corrected chi connectivity index (χ2v) is 5.01. The first-order valence-corrected chi connectivity index (χ1v) is 6.53. The summed E-state index contributed by atoms with van der Waals surface area (Å²) in [6, 6.07) is 11.3. The number of hydrogen-bond acceptors (Lipinski definition) is 3. The lowest BCUT2D eigenvalue weighted by Gasteiger charge is -2.03. The molecule has 0 spiro atoms. The van der Waals surface area contributed by atoms with E-state index in [1.54, 1.807) is 0 Å². The van der Waals surface area contributed by atoms with E-state index in [1.807, 2.05) is 41.8 Å². The van der Waals surface area contributed by atoms with E-state index >= 15 is 0 Å². The van der Waals surface area contributed by atoms with E-state index in [4.69, 9.17) is 11.6 Å². The summed E-state index contributed by atoms with van der Waals surface area (Å²) in [5.41, 5.74) is 1.12. The Morgan fingerprint density at radius 2 is 2.00 bits per heavy atom. The predicted octanol–water partition coefficient (Wildman–Crippen LogP) is 3.37. The molecule has 0 amide bonds. The van der Waals surface area contributed by atoms with Gasteiger partial charge in [0.2, 0.25) is 0 Å². The molecule has 0 saturated carbocycles. The van der Waals surface area contributed by atoms with Gasteiger partial charge < -0.3 is 5.32 Å². The third-order valence-electron chi connectivity index (χ3n) is 2.32. The van der Waals surface area contributed by atoms with Gasteiger partial charge in [-0.05, 0) is 29.1 Å². The summed E-state index contributed by atoms with van der Waals surface area (Å²) in [5.74, 6) is 0.133. The lowest BCUT2D eigenvalue weighted by atomic mass is 10.2. The molecule has 0 atom stereocenters. The highest BCUT2D eigenvalue weighted by Gasteiger charge is 2.05. The number of Topliss-reactive ketones (excluding diaryl/α,β-unsaturated/α-hetero) is 1. The van der Waals surface area contributed by atoms with Crippen molar-refractivity contribution in [1.82, 2.24) is 5.32 Å². The SMILES string of the molecule is O=C(CNCc1ccc(Cl)cc1)c1cccs1. The minimum absolute atomic E-state index is 0.133. The van der Waals surface area contributed by atoms with Crippen LogP contribution >= 0.6 is 22.9 Å². The van der Waals surface area contributed by atoms with Gasteiger partial charge in [-0.1, -0.05) is 29.8 Å². The highest BCUT2D eigenvalue weighted by Crippen LogP contribution is 2.10. The molecule has 0 bridgehead atoms. The average Bonchev–Trinajstić information content (AvgIpc) is 2.85. The number of nitrogens with one attached hydrogen (secondary N) is 1. The van der Waals surface area contributed by atoms with Gasteiger partial charge in [-0.15, -0.1) is 11.3 Å². The second kappa shape index (κ2) is 5.96. The van der Waals surface area contributed by atoms with E-state index in [0.717, 1.165) is 15.5 Å². The molecule has 0 fully saturated rings. The lowest BCUT2D eigenvalue weighted by molar-refractivity contribution is 0.0994. The van der Waals surface area contributed by atoms with Crippen molar-refractivity contribution in [3.05, 3.63) is 57.2 Å². The Balaban J connectivity index is 1.80. The Kier molecular flexibility index (Phi) is 4.31. The third-order valence-corrected chi connectivity index (χ3v) is 3.49. The van der Waals surface area contributed by atoms with Crippen molar-refractivity contribution in [1.29, 1.82) is 0 Å². The van der Waals surface area contributed by atoms with Crippen LogP contribution in [0.25, 0.3) is 0 Å². The number of rotatable bonds is 5. The number of benzene rings is 1. The zero-order chi connectivity index (χ0) is 12.1. The Morgan fingerprint density at radius 1 is 1.24 bits per heavy atom. The van der Waals surface area contributed by atoms with Crippen molar-refractivity contribution in [3.8, 4) is 0 Å². The van der Waals surface area contributed by atoms with Gasteiger partial charge in [-0.2, -0.15) is 0 Å². The van der Waals surface area contributed by atoms with E-state index in [0.29, 0.717) is 13.1 Å². The number of carbonyl (C=O) groups excluding carboxylic acids is 1. The zero-order valence-electron chi connectivity index (χ0n) is 9.15. The Morgan fingerprint density at radius 3 is 2.65 bits per heavy atom. The molecule has 0 aliphatic carbocycles. The van der Waals surface area contributed by atoms with E-state index in [-0.39, 0.29) is 5.78 Å². The minimum Gasteiger partial charge on any atom is -0.306 e. The third kappa shape index (κ3) is 3.66. The fourth-order valence-corrected chi connectivity index (χ4v) is 2.24. The van der Waals surface area contributed by atoms with E-state index < -0.39 is 0 Å². The molecule has 1 N–H and O–H groups in total. The second-order valence-electron chi connectivity index (χ2n) is 3.63. The maximum Gasteiger partial charge on any atom is 0.186 e. The number of hydrogen-bond donors (Lipinski definition) is 1. The number of carbonyl (C=O) groups is 1. The summed E-state index contributed by atoms with van der Waals surface area (Å²) in [4.78, 5) is 12.5. The van der Waals surface area contributed by atoms with E-state index in [1.165, 1.54) is 11.3 Å². The highest BCUT2D eigenvalue weighted by molar-refractivity contribution is 7.12. The molecule has 0 radical (unpaired) electrons. The number of halogens is 1. The van der Waals surface area contributed by atoms with Gasteiger partial charge in [0.25, 0.3) is 0 Å². The van der Waals surface area contributed by atoms with Crippen molar-refractivity contribution >= 4 is 28.7 Å². The van der Waals surface area contributed by atoms with Crippen LogP contribution in [0.1, 0.15) is 15.2 Å². The molecule has 2 aromatic rings. The Labute approximate surface area is 109 Å². The number of ketones is 1. The standard InChI is InChI=1S/C13H12ClNOS/c14-11-5-3-10(4-6-11)8-15-9-12(16)13-2-1-7-17-13/h1-7,15H,8-9H2. The van der Waals surface area contributed by atoms with Crippen LogP contribution in [0.15, 0.2) is 41.8 Å². The predicted molar refractivity (Wildman–Crippen MR) is 71.8 cm³/mol. The molecule has 4 heteroatoms. The van der Waals surface area contributed by atoms with Crippen molar-refractivity contribution in [2.75, 3.05) is 6.54 Å². The molecule has 1 heterocycles. The minimum atomic E-state index is 0.133. The molecule has 88 valence electrons. The molecule has 17 heavy (non-hydrogen) atoms. The summed E-state index contributed by atoms with van der Waals surface area (Å²) in [7, 11) is 0. The fraction of sp³-hybridized carbons (Fsp3) is 0.154. The summed E-state index contributed by atoms with van der Waals surface area (Å²) >= 11 is 7.26. The largest absolute Gasteiger partial charge is 0.306 e. The molecule has 0 saturated heterocycles. The molecular weight excluding hydrogens is 254 g/mol. The zero-order valence-corrected chi connectivity index (χ0v) is 10.7. The van der Waals surface area contributed by atoms with Crippen LogP contribution in [-0.2, 0) is 6.54 Å². The first-order valence-electron chi connectivity index (χ1n) is 5.27. The molecule has 0 unspecified atom stereocenters. The van der Waals surface area contributed by atoms with Gasteiger partial charge in [0.1, 0.15) is 0 Å². The van der Waals surface area contributed by atoms with Gasteiger partial charge in [0, 0.05) is 11.6 Å². The van der Waals surface area contributed by atoms with Crippen LogP contribution in [0, 0.1) is 0 Å². The monoisotopic (exact) mass is 265 g/mol. The number of thiophene rings is 1. The molecule has 2 rings (SSSR count). The molecule has 1 aromatic heterocycles. The van der Waals surface area contributed by atoms with Crippen molar-refractivity contribution in [2.24, 2.45) is 0 Å². The Hall–Kier alpha value is -1.16. The highest BCUT2D eigenvalue weighted by atomic mass is 35.5. The van der Waals surface area contributed by atoms with Crippen LogP contribution in [0.4, 0.5) is 0 Å². The first-order chi connectivity index (χ1) is 8.25. The van der Waals surface area contributed by atoms with Crippen LogP contribution < -0.4 is 5.32 Å². The van der Waals surface area contributed by atoms with Crippen molar-refractivity contribution in [3.63, 3.8) is 0 Å². The maximum atomic E-state index is 11.7. The topological polar surface area (TPSA) is 29.1 Å². The molecular formula is C13H12ClNOS. The summed E-state index contributed by atoms with van der Waals surface area (Å²) in [5, 5.41) is 5.76. The molecule has 0 aliphatic heterocycles.